The van der Waals surface area contributed by atoms with Crippen LogP contribution in [0.25, 0.3) is 22.2 Å². The molecule has 2 atom stereocenters. The van der Waals surface area contributed by atoms with Gasteiger partial charge in [0.1, 0.15) is 34.5 Å². The minimum atomic E-state index is -1.17. The summed E-state index contributed by atoms with van der Waals surface area (Å²) in [6.07, 6.45) is -0.910. The number of hydrogen-bond acceptors (Lipinski definition) is 8. The lowest BCUT2D eigenvalue weighted by Crippen LogP contribution is -2.55. The molecule has 0 saturated carbocycles. The Morgan fingerprint density at radius 3 is 2.00 bits per heavy atom. The van der Waals surface area contributed by atoms with Crippen molar-refractivity contribution in [2.75, 3.05) is 37.1 Å². The van der Waals surface area contributed by atoms with Gasteiger partial charge < -0.3 is 24.4 Å². The van der Waals surface area contributed by atoms with Crippen LogP contribution in [0.1, 0.15) is 29.5 Å². The van der Waals surface area contributed by atoms with Crippen molar-refractivity contribution in [1.82, 2.24) is 19.9 Å². The largest absolute Gasteiger partial charge is 0.497 e. The van der Waals surface area contributed by atoms with Crippen LogP contribution in [0.5, 0.6) is 11.5 Å². The van der Waals surface area contributed by atoms with E-state index in [1.807, 2.05) is 89.0 Å². The number of pyridine rings is 1. The Labute approximate surface area is 306 Å². The molecule has 0 spiro atoms. The number of nitrogens with zero attached hydrogens (tertiary/aromatic N) is 6. The molecule has 3 aromatic carbocycles. The third kappa shape index (κ3) is 6.68. The quantitative estimate of drug-likeness (QED) is 0.119. The molecule has 0 aliphatic carbocycles. The Balaban J connectivity index is 1.30. The summed E-state index contributed by atoms with van der Waals surface area (Å²) in [6.45, 7) is 3.13. The summed E-state index contributed by atoms with van der Waals surface area (Å²) in [5, 5.41) is 9.69. The molecular formula is C37H34F3IN6O4. The van der Waals surface area contributed by atoms with Gasteiger partial charge in [-0.2, -0.15) is 14.4 Å². The first-order valence-corrected chi connectivity index (χ1v) is 17.4. The maximum absolute atomic E-state index is 16.7. The van der Waals surface area contributed by atoms with E-state index < -0.39 is 29.4 Å². The molecule has 0 radical (unpaired) electrons. The highest BCUT2D eigenvalue weighted by Gasteiger charge is 2.43. The van der Waals surface area contributed by atoms with Crippen LogP contribution in [0.2, 0.25) is 0 Å². The van der Waals surface area contributed by atoms with E-state index in [4.69, 9.17) is 14.5 Å². The van der Waals surface area contributed by atoms with E-state index in [0.717, 1.165) is 22.8 Å². The molecule has 1 amide bonds. The van der Waals surface area contributed by atoms with Crippen molar-refractivity contribution in [1.29, 1.82) is 0 Å². The Kier molecular flexibility index (Phi) is 9.52. The maximum atomic E-state index is 16.7. The van der Waals surface area contributed by atoms with Crippen molar-refractivity contribution in [2.24, 2.45) is 0 Å². The van der Waals surface area contributed by atoms with Crippen LogP contribution in [-0.4, -0.2) is 70.4 Å². The second-order valence-electron chi connectivity index (χ2n) is 12.8. The molecular weight excluding hydrogens is 776 g/mol. The Morgan fingerprint density at radius 1 is 0.902 bits per heavy atom. The molecule has 2 bridgehead atoms. The highest BCUT2D eigenvalue weighted by atomic mass is 127. The molecule has 51 heavy (non-hydrogen) atoms. The Bertz CT molecular complexity index is 2060. The van der Waals surface area contributed by atoms with Crippen LogP contribution >= 0.6 is 22.6 Å². The van der Waals surface area contributed by atoms with E-state index >= 15 is 13.2 Å². The third-order valence-electron chi connectivity index (χ3n) is 9.59. The van der Waals surface area contributed by atoms with Gasteiger partial charge in [-0.05, 0) is 95.4 Å². The number of halogens is 4. The first-order chi connectivity index (χ1) is 24.5. The van der Waals surface area contributed by atoms with Gasteiger partial charge in [-0.25, -0.2) is 18.6 Å². The molecule has 2 aromatic heterocycles. The molecule has 2 fully saturated rings. The zero-order chi connectivity index (χ0) is 36.0. The Morgan fingerprint density at radius 2 is 1.47 bits per heavy atom. The van der Waals surface area contributed by atoms with Crippen LogP contribution < -0.4 is 19.3 Å². The number of carboxylic acid groups (broad SMARTS) is 1. The normalized spacial score (nSPS) is 16.8. The van der Waals surface area contributed by atoms with Gasteiger partial charge in [0.25, 0.3) is 0 Å². The predicted octanol–water partition coefficient (Wildman–Crippen LogP) is 7.58. The van der Waals surface area contributed by atoms with Gasteiger partial charge in [0, 0.05) is 35.1 Å². The van der Waals surface area contributed by atoms with E-state index in [1.54, 1.807) is 19.1 Å². The SMILES string of the molecule is COc1ccc(CN(Cc2ccc(OC)cc2)c2cc(C)c(I)c(-c3c(F)cc4c(N5CC6CCC(C5)N6C(=O)O)nc(F)nc4c3F)n2)cc1. The lowest BCUT2D eigenvalue weighted by Gasteiger charge is -2.40. The average Bonchev–Trinajstić information content (AvgIpc) is 3.40. The first-order valence-electron chi connectivity index (χ1n) is 16.3. The summed E-state index contributed by atoms with van der Waals surface area (Å²) >= 11 is 2.03. The van der Waals surface area contributed by atoms with Crippen LogP contribution in [-0.2, 0) is 13.1 Å². The number of benzene rings is 3. The number of amides is 1. The van der Waals surface area contributed by atoms with Crippen molar-refractivity contribution < 1.29 is 32.5 Å². The lowest BCUT2D eigenvalue weighted by molar-refractivity contribution is 0.114. The molecule has 264 valence electrons. The number of aromatic nitrogens is 3. The summed E-state index contributed by atoms with van der Waals surface area (Å²) in [5.41, 5.74) is 1.92. The van der Waals surface area contributed by atoms with Gasteiger partial charge in [0.05, 0.1) is 37.6 Å². The highest BCUT2D eigenvalue weighted by molar-refractivity contribution is 14.1. The zero-order valence-electron chi connectivity index (χ0n) is 28.0. The lowest BCUT2D eigenvalue weighted by atomic mass is 10.0. The average molecular weight is 811 g/mol. The summed E-state index contributed by atoms with van der Waals surface area (Å²) in [7, 11) is 3.20. The Hall–Kier alpha value is -4.86. The second-order valence-corrected chi connectivity index (χ2v) is 13.8. The number of carbonyl (C=O) groups is 1. The van der Waals surface area contributed by atoms with E-state index in [1.165, 1.54) is 4.90 Å². The molecule has 10 nitrogen and oxygen atoms in total. The fraction of sp³-hybridized carbons (Fsp3) is 0.297. The summed E-state index contributed by atoms with van der Waals surface area (Å²) < 4.78 is 59.3. The molecule has 7 rings (SSSR count). The number of hydrogen-bond donors (Lipinski definition) is 1. The number of aryl methyl sites for hydroxylation is 1. The minimum absolute atomic E-state index is 0.00171. The molecule has 2 saturated heterocycles. The number of piperazine rings is 1. The third-order valence-corrected chi connectivity index (χ3v) is 11.0. The van der Waals surface area contributed by atoms with Crippen LogP contribution in [0.15, 0.2) is 60.7 Å². The van der Waals surface area contributed by atoms with Gasteiger partial charge >= 0.3 is 12.2 Å². The minimum Gasteiger partial charge on any atom is -0.497 e. The predicted molar refractivity (Wildman–Crippen MR) is 195 cm³/mol. The van der Waals surface area contributed by atoms with Gasteiger partial charge in [0.15, 0.2) is 5.82 Å². The van der Waals surface area contributed by atoms with Crippen LogP contribution in [0.3, 0.4) is 0 Å². The maximum Gasteiger partial charge on any atom is 0.407 e. The van der Waals surface area contributed by atoms with E-state index in [-0.39, 0.29) is 47.6 Å². The fourth-order valence-electron chi connectivity index (χ4n) is 7.09. The van der Waals surface area contributed by atoms with Crippen molar-refractivity contribution in [3.05, 3.63) is 98.6 Å². The summed E-state index contributed by atoms with van der Waals surface area (Å²) in [6, 6.07) is 17.6. The number of methoxy groups -OCH3 is 2. The van der Waals surface area contributed by atoms with E-state index in [9.17, 15) is 9.90 Å². The van der Waals surface area contributed by atoms with Crippen LogP contribution in [0, 0.1) is 28.2 Å². The molecule has 4 heterocycles. The number of fused-ring (bicyclic) bond motifs is 3. The van der Waals surface area contributed by atoms with Crippen molar-refractivity contribution in [2.45, 2.75) is 44.9 Å². The van der Waals surface area contributed by atoms with Gasteiger partial charge in [-0.15, -0.1) is 0 Å². The smallest absolute Gasteiger partial charge is 0.407 e. The standard InChI is InChI=1S/C37H34F3IN6O4/c1-20-14-29(45(16-21-4-10-25(50-2)11-5-21)17-22-6-12-26(51-3)13-7-22)42-34(32(20)41)30-28(38)15-27-33(31(30)39)43-36(40)44-35(27)46-18-23-8-9-24(19-46)47(23)37(48)49/h4-7,10-15,23-24H,8-9,16-19H2,1-3H3,(H,48,49). The molecule has 5 aromatic rings. The van der Waals surface area contributed by atoms with Gasteiger partial charge in [0.2, 0.25) is 0 Å². The van der Waals surface area contributed by atoms with Gasteiger partial charge in [-0.3, -0.25) is 4.90 Å². The summed E-state index contributed by atoms with van der Waals surface area (Å²) in [4.78, 5) is 29.6. The summed E-state index contributed by atoms with van der Waals surface area (Å²) in [5.74, 6) is -0.0183. The van der Waals surface area contributed by atoms with E-state index in [0.29, 0.717) is 46.8 Å². The molecule has 14 heteroatoms. The van der Waals surface area contributed by atoms with Crippen molar-refractivity contribution in [3.8, 4) is 22.8 Å². The molecule has 1 N–H and O–H groups in total. The molecule has 2 aliphatic rings. The number of anilines is 2. The van der Waals surface area contributed by atoms with Crippen molar-refractivity contribution in [3.63, 3.8) is 0 Å². The fourth-order valence-corrected chi connectivity index (χ4v) is 7.63. The van der Waals surface area contributed by atoms with Crippen LogP contribution in [0.4, 0.5) is 29.6 Å². The number of ether oxygens (including phenoxy) is 2. The number of rotatable bonds is 9. The zero-order valence-corrected chi connectivity index (χ0v) is 30.2. The molecule has 2 aliphatic heterocycles. The topological polar surface area (TPSA) is 104 Å². The first kappa shape index (κ1) is 34.6. The second kappa shape index (κ2) is 14.0. The molecule has 2 unspecified atom stereocenters. The van der Waals surface area contributed by atoms with Gasteiger partial charge in [-0.1, -0.05) is 24.3 Å². The highest BCUT2D eigenvalue weighted by Crippen LogP contribution is 2.40. The monoisotopic (exact) mass is 810 g/mol. The van der Waals surface area contributed by atoms with E-state index in [2.05, 4.69) is 9.97 Å². The van der Waals surface area contributed by atoms with Crippen molar-refractivity contribution >= 4 is 51.2 Å².